The van der Waals surface area contributed by atoms with Crippen molar-refractivity contribution in [2.75, 3.05) is 7.11 Å². The van der Waals surface area contributed by atoms with Gasteiger partial charge in [0, 0.05) is 0 Å². The van der Waals surface area contributed by atoms with E-state index >= 15 is 0 Å². The average molecular weight is 251 g/mol. The molecule has 0 spiro atoms. The first-order chi connectivity index (χ1) is 9.15. The van der Waals surface area contributed by atoms with Gasteiger partial charge in [-0.05, 0) is 47.9 Å². The molecule has 94 valence electrons. The molecule has 0 bridgehead atoms. The normalized spacial score (nSPS) is 9.74. The van der Waals surface area contributed by atoms with Gasteiger partial charge in [0.05, 0.1) is 24.3 Å². The number of carbonyl (C=O) groups is 1. The SMILES string of the molecule is COC(=O)c1ccc(-c2ccc(C#N)cc2)c(C)c1. The van der Waals surface area contributed by atoms with Crippen LogP contribution in [0.4, 0.5) is 0 Å². The Morgan fingerprint density at radius 3 is 2.37 bits per heavy atom. The fraction of sp³-hybridized carbons (Fsp3) is 0.125. The number of nitrogens with zero attached hydrogens (tertiary/aromatic N) is 1. The zero-order valence-corrected chi connectivity index (χ0v) is 10.8. The van der Waals surface area contributed by atoms with Crippen LogP contribution in [0.3, 0.4) is 0 Å². The van der Waals surface area contributed by atoms with Gasteiger partial charge in [0.2, 0.25) is 0 Å². The number of esters is 1. The summed E-state index contributed by atoms with van der Waals surface area (Å²) in [5.41, 5.74) is 4.22. The predicted octanol–water partition coefficient (Wildman–Crippen LogP) is 3.32. The van der Waals surface area contributed by atoms with Crippen LogP contribution in [-0.4, -0.2) is 13.1 Å². The molecule has 0 atom stereocenters. The third-order valence-electron chi connectivity index (χ3n) is 2.97. The molecule has 0 aliphatic heterocycles. The van der Waals surface area contributed by atoms with Crippen molar-refractivity contribution in [2.24, 2.45) is 0 Å². The quantitative estimate of drug-likeness (QED) is 0.769. The van der Waals surface area contributed by atoms with E-state index in [1.54, 1.807) is 24.3 Å². The number of ether oxygens (including phenoxy) is 1. The molecule has 19 heavy (non-hydrogen) atoms. The Labute approximate surface area is 112 Å². The molecule has 0 saturated heterocycles. The molecule has 3 heteroatoms. The summed E-state index contributed by atoms with van der Waals surface area (Å²) in [5, 5.41) is 8.78. The molecule has 0 radical (unpaired) electrons. The van der Waals surface area contributed by atoms with Crippen molar-refractivity contribution in [3.8, 4) is 17.2 Å². The molecule has 2 aromatic rings. The number of nitriles is 1. The minimum atomic E-state index is -0.338. The van der Waals surface area contributed by atoms with E-state index < -0.39 is 0 Å². The van der Waals surface area contributed by atoms with Gasteiger partial charge in [-0.25, -0.2) is 4.79 Å². The summed E-state index contributed by atoms with van der Waals surface area (Å²) < 4.78 is 4.69. The zero-order chi connectivity index (χ0) is 13.8. The summed E-state index contributed by atoms with van der Waals surface area (Å²) in [4.78, 5) is 11.4. The number of benzene rings is 2. The van der Waals surface area contributed by atoms with E-state index in [9.17, 15) is 4.79 Å². The molecule has 0 amide bonds. The maximum atomic E-state index is 11.4. The number of hydrogen-bond donors (Lipinski definition) is 0. The molecule has 0 unspecified atom stereocenters. The van der Waals surface area contributed by atoms with Crippen LogP contribution in [0.15, 0.2) is 42.5 Å². The van der Waals surface area contributed by atoms with Gasteiger partial charge in [0.1, 0.15) is 0 Å². The van der Waals surface area contributed by atoms with Crippen LogP contribution in [0, 0.1) is 18.3 Å². The third-order valence-corrected chi connectivity index (χ3v) is 2.97. The van der Waals surface area contributed by atoms with Gasteiger partial charge in [0.25, 0.3) is 0 Å². The molecule has 2 aromatic carbocycles. The highest BCUT2D eigenvalue weighted by molar-refractivity contribution is 5.90. The summed E-state index contributed by atoms with van der Waals surface area (Å²) in [5.74, 6) is -0.338. The van der Waals surface area contributed by atoms with E-state index in [0.29, 0.717) is 11.1 Å². The smallest absolute Gasteiger partial charge is 0.337 e. The maximum absolute atomic E-state index is 11.4. The number of carbonyl (C=O) groups excluding carboxylic acids is 1. The maximum Gasteiger partial charge on any atom is 0.337 e. The minimum absolute atomic E-state index is 0.338. The van der Waals surface area contributed by atoms with Gasteiger partial charge < -0.3 is 4.74 Å². The lowest BCUT2D eigenvalue weighted by atomic mass is 9.98. The van der Waals surface area contributed by atoms with Crippen molar-refractivity contribution in [1.29, 1.82) is 5.26 Å². The monoisotopic (exact) mass is 251 g/mol. The van der Waals surface area contributed by atoms with Crippen LogP contribution in [0.2, 0.25) is 0 Å². The van der Waals surface area contributed by atoms with Gasteiger partial charge in [-0.3, -0.25) is 0 Å². The molecule has 0 aliphatic carbocycles. The summed E-state index contributed by atoms with van der Waals surface area (Å²) in [6.07, 6.45) is 0. The molecular formula is C16H13NO2. The zero-order valence-electron chi connectivity index (χ0n) is 10.8. The molecule has 0 heterocycles. The van der Waals surface area contributed by atoms with Crippen molar-refractivity contribution in [3.05, 3.63) is 59.2 Å². The molecule has 2 rings (SSSR count). The second-order valence-corrected chi connectivity index (χ2v) is 4.21. The van der Waals surface area contributed by atoms with Crippen molar-refractivity contribution < 1.29 is 9.53 Å². The van der Waals surface area contributed by atoms with Crippen LogP contribution in [0.5, 0.6) is 0 Å². The van der Waals surface area contributed by atoms with Crippen molar-refractivity contribution >= 4 is 5.97 Å². The lowest BCUT2D eigenvalue weighted by Gasteiger charge is -2.08. The lowest BCUT2D eigenvalue weighted by Crippen LogP contribution is -2.01. The fourth-order valence-corrected chi connectivity index (χ4v) is 1.96. The first-order valence-corrected chi connectivity index (χ1v) is 5.85. The second-order valence-electron chi connectivity index (χ2n) is 4.21. The Kier molecular flexibility index (Phi) is 3.63. The Hall–Kier alpha value is -2.60. The van der Waals surface area contributed by atoms with Crippen LogP contribution in [-0.2, 0) is 4.74 Å². The molecule has 3 nitrogen and oxygen atoms in total. The molecule has 0 saturated carbocycles. The number of methoxy groups -OCH3 is 1. The van der Waals surface area contributed by atoms with Crippen LogP contribution >= 0.6 is 0 Å². The van der Waals surface area contributed by atoms with E-state index in [2.05, 4.69) is 6.07 Å². The largest absolute Gasteiger partial charge is 0.465 e. The first-order valence-electron chi connectivity index (χ1n) is 5.85. The predicted molar refractivity (Wildman–Crippen MR) is 72.7 cm³/mol. The summed E-state index contributed by atoms with van der Waals surface area (Å²) in [7, 11) is 1.37. The van der Waals surface area contributed by atoms with E-state index in [1.165, 1.54) is 7.11 Å². The molecule has 0 aromatic heterocycles. The van der Waals surface area contributed by atoms with Gasteiger partial charge >= 0.3 is 5.97 Å². The van der Waals surface area contributed by atoms with Crippen molar-refractivity contribution in [3.63, 3.8) is 0 Å². The third kappa shape index (κ3) is 2.63. The Morgan fingerprint density at radius 2 is 1.84 bits per heavy atom. The fourth-order valence-electron chi connectivity index (χ4n) is 1.96. The number of hydrogen-bond acceptors (Lipinski definition) is 3. The first kappa shape index (κ1) is 12.8. The van der Waals surface area contributed by atoms with Crippen LogP contribution in [0.25, 0.3) is 11.1 Å². The highest BCUT2D eigenvalue weighted by atomic mass is 16.5. The highest BCUT2D eigenvalue weighted by Gasteiger charge is 2.08. The highest BCUT2D eigenvalue weighted by Crippen LogP contribution is 2.24. The summed E-state index contributed by atoms with van der Waals surface area (Å²) in [6.45, 7) is 1.94. The Morgan fingerprint density at radius 1 is 1.16 bits per heavy atom. The van der Waals surface area contributed by atoms with Gasteiger partial charge in [0.15, 0.2) is 0 Å². The molecule has 0 aliphatic rings. The minimum Gasteiger partial charge on any atom is -0.465 e. The van der Waals surface area contributed by atoms with Crippen LogP contribution < -0.4 is 0 Å². The second kappa shape index (κ2) is 5.36. The summed E-state index contributed by atoms with van der Waals surface area (Å²) in [6, 6.07) is 14.9. The molecule has 0 N–H and O–H groups in total. The number of aryl methyl sites for hydroxylation is 1. The van der Waals surface area contributed by atoms with Gasteiger partial charge in [-0.2, -0.15) is 5.26 Å². The van der Waals surface area contributed by atoms with Gasteiger partial charge in [-0.1, -0.05) is 18.2 Å². The van der Waals surface area contributed by atoms with Crippen molar-refractivity contribution in [1.82, 2.24) is 0 Å². The summed E-state index contributed by atoms with van der Waals surface area (Å²) >= 11 is 0. The Balaban J connectivity index is 2.40. The molecular weight excluding hydrogens is 238 g/mol. The topological polar surface area (TPSA) is 50.1 Å². The Bertz CT molecular complexity index is 651. The standard InChI is InChI=1S/C16H13NO2/c1-11-9-14(16(18)19-2)7-8-15(11)13-5-3-12(10-17)4-6-13/h3-9H,1-2H3. The number of rotatable bonds is 2. The van der Waals surface area contributed by atoms with Crippen molar-refractivity contribution in [2.45, 2.75) is 6.92 Å². The van der Waals surface area contributed by atoms with E-state index in [4.69, 9.17) is 10.00 Å². The molecule has 0 fully saturated rings. The van der Waals surface area contributed by atoms with E-state index in [-0.39, 0.29) is 5.97 Å². The van der Waals surface area contributed by atoms with Gasteiger partial charge in [-0.15, -0.1) is 0 Å². The van der Waals surface area contributed by atoms with E-state index in [1.807, 2.05) is 25.1 Å². The lowest BCUT2D eigenvalue weighted by molar-refractivity contribution is 0.0600. The average Bonchev–Trinajstić information content (AvgIpc) is 2.46. The van der Waals surface area contributed by atoms with Crippen LogP contribution in [0.1, 0.15) is 21.5 Å². The van der Waals surface area contributed by atoms with E-state index in [0.717, 1.165) is 16.7 Å².